The van der Waals surface area contributed by atoms with Crippen LogP contribution in [0, 0.1) is 0 Å². The molecule has 1 fully saturated rings. The second-order valence-corrected chi connectivity index (χ2v) is 7.80. The molecular weight excluding hydrogens is 296 g/mol. The summed E-state index contributed by atoms with van der Waals surface area (Å²) in [6, 6.07) is 4.39. The zero-order valence-electron chi connectivity index (χ0n) is 10.6. The molecule has 1 aliphatic rings. The quantitative estimate of drug-likeness (QED) is 0.918. The first-order valence-electron chi connectivity index (χ1n) is 6.28. The molecule has 0 atom stereocenters. The summed E-state index contributed by atoms with van der Waals surface area (Å²) in [5.74, 6) is 0. The molecule has 0 unspecified atom stereocenters. The molecule has 96 valence electrons. The summed E-state index contributed by atoms with van der Waals surface area (Å²) in [5.41, 5.74) is 0.318. The molecular formula is C13H21BrN2S. The largest absolute Gasteiger partial charge is 0.314 e. The summed E-state index contributed by atoms with van der Waals surface area (Å²) in [4.78, 5) is 4.10. The van der Waals surface area contributed by atoms with E-state index < -0.39 is 0 Å². The zero-order chi connectivity index (χ0) is 12.3. The minimum Gasteiger partial charge on any atom is -0.314 e. The number of piperazine rings is 1. The van der Waals surface area contributed by atoms with Crippen molar-refractivity contribution in [2.24, 2.45) is 0 Å². The van der Waals surface area contributed by atoms with E-state index in [1.807, 2.05) is 11.3 Å². The van der Waals surface area contributed by atoms with Crippen molar-refractivity contribution in [3.05, 3.63) is 20.8 Å². The molecule has 1 aromatic rings. The predicted molar refractivity (Wildman–Crippen MR) is 78.9 cm³/mol. The van der Waals surface area contributed by atoms with E-state index in [0.29, 0.717) is 5.54 Å². The highest BCUT2D eigenvalue weighted by atomic mass is 79.9. The van der Waals surface area contributed by atoms with E-state index in [2.05, 4.69) is 52.1 Å². The van der Waals surface area contributed by atoms with Crippen LogP contribution in [0.4, 0.5) is 0 Å². The Kier molecular flexibility index (Phi) is 4.64. The summed E-state index contributed by atoms with van der Waals surface area (Å²) in [5, 5.41) is 3.42. The van der Waals surface area contributed by atoms with Crippen LogP contribution in [-0.2, 0) is 6.42 Å². The Balaban J connectivity index is 1.87. The summed E-state index contributed by atoms with van der Waals surface area (Å²) < 4.78 is 1.24. The number of halogens is 1. The molecule has 0 spiro atoms. The molecule has 0 bridgehead atoms. The molecule has 4 heteroatoms. The topological polar surface area (TPSA) is 15.3 Å². The average molecular weight is 317 g/mol. The highest BCUT2D eigenvalue weighted by Crippen LogP contribution is 2.27. The molecule has 0 radical (unpaired) electrons. The number of rotatable bonds is 4. The average Bonchev–Trinajstić information content (AvgIpc) is 2.74. The first-order valence-corrected chi connectivity index (χ1v) is 7.89. The SMILES string of the molecule is CC(C)(CCc1ccc(Br)s1)N1CCNCC1. The van der Waals surface area contributed by atoms with Crippen LogP contribution in [0.2, 0.25) is 0 Å². The Bertz CT molecular complexity index is 356. The maximum absolute atomic E-state index is 3.53. The van der Waals surface area contributed by atoms with Crippen LogP contribution >= 0.6 is 27.3 Å². The first-order chi connectivity index (χ1) is 8.08. The van der Waals surface area contributed by atoms with Gasteiger partial charge in [-0.3, -0.25) is 4.90 Å². The number of hydrogen-bond donors (Lipinski definition) is 1. The van der Waals surface area contributed by atoms with Gasteiger partial charge in [-0.25, -0.2) is 0 Å². The summed E-state index contributed by atoms with van der Waals surface area (Å²) in [7, 11) is 0. The molecule has 2 nitrogen and oxygen atoms in total. The first kappa shape index (κ1) is 13.5. The smallest absolute Gasteiger partial charge is 0.0701 e. The maximum atomic E-state index is 3.53. The Morgan fingerprint density at radius 1 is 1.35 bits per heavy atom. The molecule has 0 saturated carbocycles. The molecule has 0 amide bonds. The zero-order valence-corrected chi connectivity index (χ0v) is 13.0. The molecule has 2 heterocycles. The van der Waals surface area contributed by atoms with Gasteiger partial charge in [0.05, 0.1) is 3.79 Å². The van der Waals surface area contributed by atoms with Crippen LogP contribution < -0.4 is 5.32 Å². The van der Waals surface area contributed by atoms with Crippen molar-refractivity contribution in [2.75, 3.05) is 26.2 Å². The number of hydrogen-bond acceptors (Lipinski definition) is 3. The Morgan fingerprint density at radius 3 is 2.65 bits per heavy atom. The van der Waals surface area contributed by atoms with Crippen molar-refractivity contribution in [1.29, 1.82) is 0 Å². The van der Waals surface area contributed by atoms with Gasteiger partial charge < -0.3 is 5.32 Å². The van der Waals surface area contributed by atoms with E-state index in [4.69, 9.17) is 0 Å². The lowest BCUT2D eigenvalue weighted by atomic mass is 9.95. The summed E-state index contributed by atoms with van der Waals surface area (Å²) in [6.45, 7) is 9.38. The van der Waals surface area contributed by atoms with Crippen molar-refractivity contribution in [2.45, 2.75) is 32.2 Å². The van der Waals surface area contributed by atoms with Gasteiger partial charge in [0.15, 0.2) is 0 Å². The number of nitrogens with zero attached hydrogens (tertiary/aromatic N) is 1. The van der Waals surface area contributed by atoms with Gasteiger partial charge in [-0.15, -0.1) is 11.3 Å². The normalized spacial score (nSPS) is 18.5. The highest BCUT2D eigenvalue weighted by Gasteiger charge is 2.27. The van der Waals surface area contributed by atoms with Crippen LogP contribution in [0.1, 0.15) is 25.1 Å². The van der Waals surface area contributed by atoms with Gasteiger partial charge in [0.2, 0.25) is 0 Å². The fourth-order valence-corrected chi connectivity index (χ4v) is 3.83. The number of aryl methyl sites for hydroxylation is 1. The minimum absolute atomic E-state index is 0.318. The second-order valence-electron chi connectivity index (χ2n) is 5.26. The minimum atomic E-state index is 0.318. The van der Waals surface area contributed by atoms with E-state index in [0.717, 1.165) is 13.1 Å². The fourth-order valence-electron chi connectivity index (χ4n) is 2.34. The fraction of sp³-hybridized carbons (Fsp3) is 0.692. The van der Waals surface area contributed by atoms with Gasteiger partial charge >= 0.3 is 0 Å². The number of nitrogens with one attached hydrogen (secondary N) is 1. The van der Waals surface area contributed by atoms with Gasteiger partial charge in [0.25, 0.3) is 0 Å². The van der Waals surface area contributed by atoms with Gasteiger partial charge in [0.1, 0.15) is 0 Å². The molecule has 1 aromatic heterocycles. The van der Waals surface area contributed by atoms with E-state index in [1.165, 1.54) is 34.6 Å². The van der Waals surface area contributed by atoms with Gasteiger partial charge in [0, 0.05) is 36.6 Å². The Morgan fingerprint density at radius 2 is 2.06 bits per heavy atom. The third-order valence-electron chi connectivity index (χ3n) is 3.59. The van der Waals surface area contributed by atoms with Crippen molar-refractivity contribution < 1.29 is 0 Å². The highest BCUT2D eigenvalue weighted by molar-refractivity contribution is 9.11. The predicted octanol–water partition coefficient (Wildman–Crippen LogP) is 3.13. The molecule has 1 saturated heterocycles. The third-order valence-corrected chi connectivity index (χ3v) is 5.27. The van der Waals surface area contributed by atoms with Gasteiger partial charge in [-0.2, -0.15) is 0 Å². The standard InChI is InChI=1S/C13H21BrN2S/c1-13(2,16-9-7-15-8-10-16)6-5-11-3-4-12(14)17-11/h3-4,15H,5-10H2,1-2H3. The Hall–Kier alpha value is 0.1000. The molecule has 2 rings (SSSR count). The Labute approximate surface area is 117 Å². The van der Waals surface area contributed by atoms with Crippen LogP contribution in [0.3, 0.4) is 0 Å². The summed E-state index contributed by atoms with van der Waals surface area (Å²) in [6.07, 6.45) is 2.42. The van der Waals surface area contributed by atoms with Crippen molar-refractivity contribution >= 4 is 27.3 Å². The molecule has 1 N–H and O–H groups in total. The van der Waals surface area contributed by atoms with Gasteiger partial charge in [-0.05, 0) is 54.8 Å². The molecule has 0 aliphatic carbocycles. The van der Waals surface area contributed by atoms with Crippen molar-refractivity contribution in [3.63, 3.8) is 0 Å². The van der Waals surface area contributed by atoms with E-state index >= 15 is 0 Å². The van der Waals surface area contributed by atoms with Crippen LogP contribution in [0.15, 0.2) is 15.9 Å². The van der Waals surface area contributed by atoms with Crippen molar-refractivity contribution in [1.82, 2.24) is 10.2 Å². The van der Waals surface area contributed by atoms with Crippen LogP contribution in [0.5, 0.6) is 0 Å². The molecule has 0 aromatic carbocycles. The second kappa shape index (κ2) is 5.83. The van der Waals surface area contributed by atoms with E-state index in [1.54, 1.807) is 0 Å². The molecule has 1 aliphatic heterocycles. The third kappa shape index (κ3) is 3.78. The lowest BCUT2D eigenvalue weighted by Gasteiger charge is -2.41. The number of thiophene rings is 1. The maximum Gasteiger partial charge on any atom is 0.0701 e. The van der Waals surface area contributed by atoms with Crippen LogP contribution in [-0.4, -0.2) is 36.6 Å². The van der Waals surface area contributed by atoms with Crippen molar-refractivity contribution in [3.8, 4) is 0 Å². The summed E-state index contributed by atoms with van der Waals surface area (Å²) >= 11 is 5.39. The van der Waals surface area contributed by atoms with Gasteiger partial charge in [-0.1, -0.05) is 0 Å². The van der Waals surface area contributed by atoms with E-state index in [9.17, 15) is 0 Å². The van der Waals surface area contributed by atoms with E-state index in [-0.39, 0.29) is 0 Å². The molecule has 17 heavy (non-hydrogen) atoms. The lowest BCUT2D eigenvalue weighted by molar-refractivity contribution is 0.0961. The monoisotopic (exact) mass is 316 g/mol. The lowest BCUT2D eigenvalue weighted by Crippen LogP contribution is -2.53. The van der Waals surface area contributed by atoms with Crippen LogP contribution in [0.25, 0.3) is 0 Å².